The summed E-state index contributed by atoms with van der Waals surface area (Å²) in [5.41, 5.74) is 1.14. The van der Waals surface area contributed by atoms with Gasteiger partial charge in [0.25, 0.3) is 0 Å². The lowest BCUT2D eigenvalue weighted by Crippen LogP contribution is -2.33. The summed E-state index contributed by atoms with van der Waals surface area (Å²) < 4.78 is 16.6. The van der Waals surface area contributed by atoms with E-state index in [1.165, 1.54) is 25.2 Å². The van der Waals surface area contributed by atoms with Crippen molar-refractivity contribution < 1.29 is 24.3 Å². The van der Waals surface area contributed by atoms with Crippen molar-refractivity contribution in [3.8, 4) is 11.5 Å². The lowest BCUT2D eigenvalue weighted by atomic mass is 9.77. The Hall–Kier alpha value is -1.02. The molecule has 0 radical (unpaired) electrons. The zero-order valence-electron chi connectivity index (χ0n) is 15.6. The molecule has 7 heteroatoms. The summed E-state index contributed by atoms with van der Waals surface area (Å²) in [7, 11) is -1.16. The molecule has 0 saturated heterocycles. The van der Waals surface area contributed by atoms with E-state index in [9.17, 15) is 10.0 Å². The minimum Gasteiger partial charge on any atom is -0.493 e. The second-order valence-electron chi connectivity index (χ2n) is 6.21. The molecule has 0 fully saturated rings. The lowest BCUT2D eigenvalue weighted by Gasteiger charge is -2.27. The molecule has 0 bridgehead atoms. The van der Waals surface area contributed by atoms with E-state index >= 15 is 0 Å². The Bertz CT molecular complexity index is 498. The summed E-state index contributed by atoms with van der Waals surface area (Å²) in [6.07, 6.45) is 0. The monoisotopic (exact) mass is 354 g/mol. The number of ether oxygens (including phenoxy) is 3. The van der Waals surface area contributed by atoms with Crippen LogP contribution in [0, 0.1) is 6.92 Å². The second-order valence-corrected chi connectivity index (χ2v) is 11.8. The Morgan fingerprint density at radius 2 is 1.67 bits per heavy atom. The summed E-state index contributed by atoms with van der Waals surface area (Å²) in [4.78, 5) is 0. The number of benzene rings is 1. The van der Waals surface area contributed by atoms with Gasteiger partial charge in [0.1, 0.15) is 0 Å². The molecule has 0 aromatic heterocycles. The van der Waals surface area contributed by atoms with Gasteiger partial charge in [-0.3, -0.25) is 0 Å². The van der Waals surface area contributed by atoms with Crippen LogP contribution in [0.2, 0.25) is 24.2 Å². The highest BCUT2D eigenvalue weighted by Gasteiger charge is 2.26. The molecule has 0 spiro atoms. The molecule has 0 amide bonds. The van der Waals surface area contributed by atoms with Crippen molar-refractivity contribution in [3.05, 3.63) is 17.7 Å². The minimum atomic E-state index is -1.53. The van der Waals surface area contributed by atoms with Gasteiger partial charge in [0, 0.05) is 6.61 Å². The third kappa shape index (κ3) is 5.51. The highest BCUT2D eigenvalue weighted by Crippen LogP contribution is 2.27. The van der Waals surface area contributed by atoms with Gasteiger partial charge in [-0.1, -0.05) is 38.9 Å². The Morgan fingerprint density at radius 3 is 2.17 bits per heavy atom. The van der Waals surface area contributed by atoms with E-state index in [2.05, 4.69) is 20.8 Å². The van der Waals surface area contributed by atoms with Crippen molar-refractivity contribution in [3.63, 3.8) is 0 Å². The van der Waals surface area contributed by atoms with Crippen molar-refractivity contribution in [2.24, 2.45) is 0 Å². The van der Waals surface area contributed by atoms with Crippen molar-refractivity contribution in [2.45, 2.75) is 51.9 Å². The molecule has 0 aliphatic heterocycles. The molecule has 24 heavy (non-hydrogen) atoms. The molecule has 1 aromatic carbocycles. The second kappa shape index (κ2) is 10.1. The summed E-state index contributed by atoms with van der Waals surface area (Å²) in [6, 6.07) is 8.36. The van der Waals surface area contributed by atoms with Gasteiger partial charge in [-0.05, 0) is 36.1 Å². The Labute approximate surface area is 147 Å². The van der Waals surface area contributed by atoms with Gasteiger partial charge in [0.15, 0.2) is 18.3 Å². The first-order valence-electron chi connectivity index (χ1n) is 8.68. The number of aryl methyl sites for hydroxylation is 1. The molecule has 5 nitrogen and oxygen atoms in total. The van der Waals surface area contributed by atoms with E-state index in [1.807, 2.05) is 0 Å². The van der Waals surface area contributed by atoms with Crippen LogP contribution in [0.1, 0.15) is 26.3 Å². The van der Waals surface area contributed by atoms with Crippen molar-refractivity contribution >= 4 is 20.7 Å². The van der Waals surface area contributed by atoms with Gasteiger partial charge in [0.2, 0.25) is 0 Å². The Morgan fingerprint density at radius 1 is 1.04 bits per heavy atom. The molecule has 0 atom stereocenters. The fourth-order valence-corrected chi connectivity index (χ4v) is 6.10. The Balaban J connectivity index is 2.58. The number of hydrogen-bond donors (Lipinski definition) is 2. The summed E-state index contributed by atoms with van der Waals surface area (Å²) >= 11 is 0. The normalized spacial score (nSPS) is 11.5. The van der Waals surface area contributed by atoms with Crippen LogP contribution in [0.15, 0.2) is 12.1 Å². The van der Waals surface area contributed by atoms with E-state index in [4.69, 9.17) is 14.2 Å². The van der Waals surface area contributed by atoms with Gasteiger partial charge in [0.05, 0.1) is 15.2 Å². The molecule has 0 aliphatic carbocycles. The maximum absolute atomic E-state index is 9.35. The standard InChI is InChI=1S/C17H31BO5Si/c1-6-24(7-2,8-3)10-9-22-13-23-17-11-14(4)15(18(19)20)12-16(17)21-5/h11-12,19-20H,6-10,13H2,1-5H3. The fraction of sp³-hybridized carbons (Fsp3) is 0.647. The van der Waals surface area contributed by atoms with Crippen LogP contribution in [0.25, 0.3) is 0 Å². The molecular formula is C17H31BO5Si. The van der Waals surface area contributed by atoms with Gasteiger partial charge in [-0.15, -0.1) is 0 Å². The van der Waals surface area contributed by atoms with Crippen LogP contribution < -0.4 is 14.9 Å². The zero-order valence-corrected chi connectivity index (χ0v) is 16.6. The molecule has 0 heterocycles. The van der Waals surface area contributed by atoms with Gasteiger partial charge < -0.3 is 24.3 Å². The Kier molecular flexibility index (Phi) is 8.83. The molecule has 0 saturated carbocycles. The third-order valence-electron chi connectivity index (χ3n) is 5.15. The maximum Gasteiger partial charge on any atom is 0.488 e. The van der Waals surface area contributed by atoms with Crippen molar-refractivity contribution in [2.75, 3.05) is 20.5 Å². The highest BCUT2D eigenvalue weighted by atomic mass is 28.3. The van der Waals surface area contributed by atoms with Crippen LogP contribution in [0.5, 0.6) is 11.5 Å². The summed E-state index contributed by atoms with van der Waals surface area (Å²) in [6.45, 7) is 9.56. The van der Waals surface area contributed by atoms with Gasteiger partial charge in [-0.2, -0.15) is 0 Å². The first kappa shape index (κ1) is 21.0. The first-order valence-corrected chi connectivity index (χ1v) is 11.5. The third-order valence-corrected chi connectivity index (χ3v) is 10.9. The molecule has 1 rings (SSSR count). The SMILES string of the molecule is CC[Si](CC)(CC)CCOCOc1cc(C)c(B(O)O)cc1OC. The zero-order chi connectivity index (χ0) is 18.2. The predicted octanol–water partition coefficient (Wildman–Crippen LogP) is 2.54. The van der Waals surface area contributed by atoms with Crippen molar-refractivity contribution in [1.29, 1.82) is 0 Å². The van der Waals surface area contributed by atoms with Gasteiger partial charge >= 0.3 is 7.12 Å². The van der Waals surface area contributed by atoms with E-state index in [0.29, 0.717) is 17.0 Å². The average molecular weight is 354 g/mol. The minimum absolute atomic E-state index is 0.165. The van der Waals surface area contributed by atoms with Crippen LogP contribution in [-0.2, 0) is 4.74 Å². The first-order chi connectivity index (χ1) is 11.4. The number of rotatable bonds is 11. The lowest BCUT2D eigenvalue weighted by molar-refractivity contribution is 0.0204. The summed E-state index contributed by atoms with van der Waals surface area (Å²) in [5, 5.41) is 18.7. The topological polar surface area (TPSA) is 68.2 Å². The van der Waals surface area contributed by atoms with Crippen LogP contribution >= 0.6 is 0 Å². The van der Waals surface area contributed by atoms with Crippen molar-refractivity contribution in [1.82, 2.24) is 0 Å². The van der Waals surface area contributed by atoms with E-state index in [1.54, 1.807) is 19.1 Å². The summed E-state index contributed by atoms with van der Waals surface area (Å²) in [5.74, 6) is 1.01. The smallest absolute Gasteiger partial charge is 0.488 e. The largest absolute Gasteiger partial charge is 0.493 e. The van der Waals surface area contributed by atoms with E-state index in [-0.39, 0.29) is 6.79 Å². The van der Waals surface area contributed by atoms with E-state index in [0.717, 1.165) is 18.2 Å². The quantitative estimate of drug-likeness (QED) is 0.363. The molecule has 0 aliphatic rings. The molecule has 0 unspecified atom stereocenters. The van der Waals surface area contributed by atoms with E-state index < -0.39 is 15.2 Å². The predicted molar refractivity (Wildman–Crippen MR) is 101 cm³/mol. The molecule has 1 aromatic rings. The molecule has 2 N–H and O–H groups in total. The average Bonchev–Trinajstić information content (AvgIpc) is 2.58. The van der Waals surface area contributed by atoms with Gasteiger partial charge in [-0.25, -0.2) is 0 Å². The van der Waals surface area contributed by atoms with Crippen LogP contribution in [-0.4, -0.2) is 45.7 Å². The van der Waals surface area contributed by atoms with Crippen LogP contribution in [0.3, 0.4) is 0 Å². The maximum atomic E-state index is 9.35. The fourth-order valence-electron chi connectivity index (χ4n) is 2.96. The number of hydrogen-bond acceptors (Lipinski definition) is 5. The van der Waals surface area contributed by atoms with Crippen LogP contribution in [0.4, 0.5) is 0 Å². The number of methoxy groups -OCH3 is 1. The molecule has 136 valence electrons. The molecular weight excluding hydrogens is 323 g/mol. The highest BCUT2D eigenvalue weighted by molar-refractivity contribution is 6.79.